The van der Waals surface area contributed by atoms with Crippen LogP contribution < -0.4 is 0 Å². The van der Waals surface area contributed by atoms with Gasteiger partial charge in [-0.05, 0) is 30.9 Å². The van der Waals surface area contributed by atoms with Crippen molar-refractivity contribution in [2.75, 3.05) is 6.54 Å². The molecule has 3 rings (SSSR count). The first-order valence-electron chi connectivity index (χ1n) is 8.91. The predicted molar refractivity (Wildman–Crippen MR) is 99.7 cm³/mol. The normalized spacial score (nSPS) is 22.0. The maximum Gasteiger partial charge on any atom is 0.0721 e. The van der Waals surface area contributed by atoms with E-state index in [0.29, 0.717) is 18.8 Å². The van der Waals surface area contributed by atoms with Crippen molar-refractivity contribution >= 4 is 0 Å². The molecular weight excluding hydrogens is 294 g/mol. The summed E-state index contributed by atoms with van der Waals surface area (Å²) in [6.45, 7) is 4.80. The Morgan fingerprint density at radius 2 is 1.62 bits per heavy atom. The first kappa shape index (κ1) is 16.9. The number of piperidine rings is 1. The molecular formula is C22H27NO. The van der Waals surface area contributed by atoms with Gasteiger partial charge in [0, 0.05) is 19.1 Å². The highest BCUT2D eigenvalue weighted by molar-refractivity contribution is 5.16. The third-order valence-electron chi connectivity index (χ3n) is 4.66. The molecule has 0 bridgehead atoms. The van der Waals surface area contributed by atoms with Crippen LogP contribution in [0.25, 0.3) is 0 Å². The van der Waals surface area contributed by atoms with E-state index in [1.165, 1.54) is 11.1 Å². The van der Waals surface area contributed by atoms with Crippen LogP contribution in [-0.4, -0.2) is 23.6 Å². The smallest absolute Gasteiger partial charge is 0.0721 e. The van der Waals surface area contributed by atoms with Gasteiger partial charge in [-0.2, -0.15) is 0 Å². The molecule has 0 amide bonds. The van der Waals surface area contributed by atoms with Crippen LogP contribution >= 0.6 is 0 Å². The van der Waals surface area contributed by atoms with E-state index in [1.807, 2.05) is 6.07 Å². The first-order chi connectivity index (χ1) is 11.8. The fraction of sp³-hybridized carbons (Fsp3) is 0.364. The Hall–Kier alpha value is -1.90. The maximum absolute atomic E-state index is 6.20. The molecule has 1 aliphatic heterocycles. The van der Waals surface area contributed by atoms with E-state index >= 15 is 0 Å². The summed E-state index contributed by atoms with van der Waals surface area (Å²) in [5, 5.41) is 0. The van der Waals surface area contributed by atoms with Crippen LogP contribution in [0.5, 0.6) is 0 Å². The SMILES string of the molecule is C/C=C\[C@H]1CC[C@H](OCc2ccccc2)CN1Cc1ccccc1. The zero-order chi connectivity index (χ0) is 16.6. The van der Waals surface area contributed by atoms with Crippen LogP contribution in [-0.2, 0) is 17.9 Å². The van der Waals surface area contributed by atoms with Crippen molar-refractivity contribution in [3.8, 4) is 0 Å². The number of benzene rings is 2. The third-order valence-corrected chi connectivity index (χ3v) is 4.66. The van der Waals surface area contributed by atoms with E-state index in [1.54, 1.807) is 0 Å². The summed E-state index contributed by atoms with van der Waals surface area (Å²) in [6.07, 6.45) is 7.11. The summed E-state index contributed by atoms with van der Waals surface area (Å²) >= 11 is 0. The molecule has 1 heterocycles. The van der Waals surface area contributed by atoms with Crippen molar-refractivity contribution in [3.05, 3.63) is 83.9 Å². The molecule has 0 spiro atoms. The number of ether oxygens (including phenoxy) is 1. The lowest BCUT2D eigenvalue weighted by Gasteiger charge is -2.38. The second-order valence-corrected chi connectivity index (χ2v) is 6.50. The van der Waals surface area contributed by atoms with Gasteiger partial charge in [-0.3, -0.25) is 4.90 Å². The van der Waals surface area contributed by atoms with Gasteiger partial charge in [0.15, 0.2) is 0 Å². The van der Waals surface area contributed by atoms with E-state index < -0.39 is 0 Å². The van der Waals surface area contributed by atoms with E-state index in [4.69, 9.17) is 4.74 Å². The Balaban J connectivity index is 1.60. The van der Waals surface area contributed by atoms with Crippen LogP contribution in [0.3, 0.4) is 0 Å². The largest absolute Gasteiger partial charge is 0.372 e. The summed E-state index contributed by atoms with van der Waals surface area (Å²) in [4.78, 5) is 2.55. The Morgan fingerprint density at radius 3 is 2.29 bits per heavy atom. The number of allylic oxidation sites excluding steroid dienone is 1. The van der Waals surface area contributed by atoms with Crippen molar-refractivity contribution in [1.82, 2.24) is 4.90 Å². The van der Waals surface area contributed by atoms with Crippen LogP contribution in [0.4, 0.5) is 0 Å². The van der Waals surface area contributed by atoms with Gasteiger partial charge in [-0.25, -0.2) is 0 Å². The highest BCUT2D eigenvalue weighted by Gasteiger charge is 2.27. The van der Waals surface area contributed by atoms with Gasteiger partial charge in [-0.15, -0.1) is 0 Å². The highest BCUT2D eigenvalue weighted by atomic mass is 16.5. The van der Waals surface area contributed by atoms with Gasteiger partial charge in [-0.1, -0.05) is 72.8 Å². The molecule has 0 N–H and O–H groups in total. The Morgan fingerprint density at radius 1 is 0.958 bits per heavy atom. The molecule has 24 heavy (non-hydrogen) atoms. The standard InChI is InChI=1S/C22H27NO/c1-2-9-21-14-15-22(24-18-20-12-7-4-8-13-20)17-23(21)16-19-10-5-3-6-11-19/h2-13,21-22H,14-18H2,1H3/b9-2-/t21-,22-/m0/s1. The molecule has 2 nitrogen and oxygen atoms in total. The summed E-state index contributed by atoms with van der Waals surface area (Å²) in [5.41, 5.74) is 2.62. The molecule has 2 aromatic rings. The molecule has 0 radical (unpaired) electrons. The monoisotopic (exact) mass is 321 g/mol. The number of rotatable bonds is 6. The summed E-state index contributed by atoms with van der Waals surface area (Å²) in [6, 6.07) is 21.7. The summed E-state index contributed by atoms with van der Waals surface area (Å²) in [7, 11) is 0. The number of likely N-dealkylation sites (tertiary alicyclic amines) is 1. The number of hydrogen-bond donors (Lipinski definition) is 0. The van der Waals surface area contributed by atoms with E-state index in [2.05, 4.69) is 78.6 Å². The van der Waals surface area contributed by atoms with Gasteiger partial charge >= 0.3 is 0 Å². The molecule has 0 aromatic heterocycles. The third kappa shape index (κ3) is 4.80. The maximum atomic E-state index is 6.20. The van der Waals surface area contributed by atoms with Crippen LogP contribution in [0, 0.1) is 0 Å². The average Bonchev–Trinajstić information content (AvgIpc) is 2.64. The lowest BCUT2D eigenvalue weighted by Crippen LogP contribution is -2.45. The fourth-order valence-electron chi connectivity index (χ4n) is 3.39. The second-order valence-electron chi connectivity index (χ2n) is 6.50. The minimum atomic E-state index is 0.315. The zero-order valence-corrected chi connectivity index (χ0v) is 14.5. The van der Waals surface area contributed by atoms with Gasteiger partial charge in [0.05, 0.1) is 12.7 Å². The zero-order valence-electron chi connectivity index (χ0n) is 14.5. The quantitative estimate of drug-likeness (QED) is 0.708. The fourth-order valence-corrected chi connectivity index (χ4v) is 3.39. The van der Waals surface area contributed by atoms with Crippen LogP contribution in [0.2, 0.25) is 0 Å². The van der Waals surface area contributed by atoms with Crippen molar-refractivity contribution in [3.63, 3.8) is 0 Å². The Bertz CT molecular complexity index is 623. The molecule has 2 heteroatoms. The molecule has 1 fully saturated rings. The number of nitrogens with zero attached hydrogens (tertiary/aromatic N) is 1. The van der Waals surface area contributed by atoms with Gasteiger partial charge < -0.3 is 4.74 Å². The second kappa shape index (κ2) is 8.81. The number of hydrogen-bond acceptors (Lipinski definition) is 2. The molecule has 126 valence electrons. The molecule has 2 atom stereocenters. The topological polar surface area (TPSA) is 12.5 Å². The predicted octanol–water partition coefficient (Wildman–Crippen LogP) is 4.81. The van der Waals surface area contributed by atoms with E-state index in [-0.39, 0.29) is 0 Å². The van der Waals surface area contributed by atoms with Crippen molar-refractivity contribution < 1.29 is 4.74 Å². The molecule has 0 unspecified atom stereocenters. The van der Waals surface area contributed by atoms with Crippen LogP contribution in [0.15, 0.2) is 72.8 Å². The summed E-state index contributed by atoms with van der Waals surface area (Å²) in [5.74, 6) is 0. The highest BCUT2D eigenvalue weighted by Crippen LogP contribution is 2.23. The lowest BCUT2D eigenvalue weighted by molar-refractivity contribution is -0.0234. The molecule has 0 saturated carbocycles. The average molecular weight is 321 g/mol. The minimum Gasteiger partial charge on any atom is -0.372 e. The Labute approximate surface area is 145 Å². The van der Waals surface area contributed by atoms with Gasteiger partial charge in [0.2, 0.25) is 0 Å². The van der Waals surface area contributed by atoms with Crippen LogP contribution in [0.1, 0.15) is 30.9 Å². The minimum absolute atomic E-state index is 0.315. The van der Waals surface area contributed by atoms with Crippen molar-refractivity contribution in [2.24, 2.45) is 0 Å². The van der Waals surface area contributed by atoms with Gasteiger partial charge in [0.25, 0.3) is 0 Å². The molecule has 1 aliphatic rings. The van der Waals surface area contributed by atoms with E-state index in [9.17, 15) is 0 Å². The first-order valence-corrected chi connectivity index (χ1v) is 8.91. The molecule has 2 aromatic carbocycles. The lowest BCUT2D eigenvalue weighted by atomic mass is 9.98. The van der Waals surface area contributed by atoms with Crippen molar-refractivity contribution in [1.29, 1.82) is 0 Å². The Kier molecular flexibility index (Phi) is 6.22. The molecule has 0 aliphatic carbocycles. The molecule has 1 saturated heterocycles. The van der Waals surface area contributed by atoms with Gasteiger partial charge in [0.1, 0.15) is 0 Å². The van der Waals surface area contributed by atoms with E-state index in [0.717, 1.165) is 25.9 Å². The summed E-state index contributed by atoms with van der Waals surface area (Å²) < 4.78 is 6.20. The van der Waals surface area contributed by atoms with Crippen molar-refractivity contribution in [2.45, 2.75) is 45.1 Å².